The monoisotopic (exact) mass is 323 g/mol. The Balaban J connectivity index is 1.79. The number of benzene rings is 2. The molecule has 0 aliphatic heterocycles. The molecule has 124 valence electrons. The van der Waals surface area contributed by atoms with E-state index in [1.807, 2.05) is 65.5 Å². The van der Waals surface area contributed by atoms with E-state index in [1.54, 1.807) is 7.11 Å². The van der Waals surface area contributed by atoms with E-state index in [0.717, 1.165) is 22.7 Å². The van der Waals surface area contributed by atoms with Gasteiger partial charge in [0, 0.05) is 25.6 Å². The van der Waals surface area contributed by atoms with Gasteiger partial charge in [0.2, 0.25) is 0 Å². The topological polar surface area (TPSA) is 32.6 Å². The molecule has 0 aliphatic carbocycles. The van der Waals surface area contributed by atoms with Crippen LogP contribution in [0.4, 0.5) is 0 Å². The molecule has 0 fully saturated rings. The van der Waals surface area contributed by atoms with Gasteiger partial charge in [-0.15, -0.1) is 0 Å². The smallest absolute Gasteiger partial charge is 0.144 e. The summed E-state index contributed by atoms with van der Waals surface area (Å²) in [6, 6.07) is 19.9. The van der Waals surface area contributed by atoms with E-state index in [1.165, 1.54) is 0 Å². The number of aromatic nitrogens is 1. The molecule has 0 unspecified atom stereocenters. The second kappa shape index (κ2) is 8.22. The molecule has 24 heavy (non-hydrogen) atoms. The number of rotatable bonds is 8. The SMILES string of the molecule is COCCOc1ccc(OCc2ccccc2)c(-n2cccc2)c1. The van der Waals surface area contributed by atoms with E-state index in [2.05, 4.69) is 12.1 Å². The van der Waals surface area contributed by atoms with Crippen molar-refractivity contribution in [2.45, 2.75) is 6.61 Å². The first kappa shape index (κ1) is 16.1. The van der Waals surface area contributed by atoms with Crippen LogP contribution in [0.25, 0.3) is 5.69 Å². The first-order valence-corrected chi connectivity index (χ1v) is 7.92. The highest BCUT2D eigenvalue weighted by atomic mass is 16.5. The fraction of sp³-hybridized carbons (Fsp3) is 0.200. The minimum Gasteiger partial charge on any atom is -0.491 e. The van der Waals surface area contributed by atoms with Crippen LogP contribution >= 0.6 is 0 Å². The van der Waals surface area contributed by atoms with Crippen molar-refractivity contribution in [1.82, 2.24) is 4.57 Å². The molecule has 0 atom stereocenters. The summed E-state index contributed by atoms with van der Waals surface area (Å²) in [6.07, 6.45) is 3.98. The first-order chi connectivity index (χ1) is 11.9. The van der Waals surface area contributed by atoms with Gasteiger partial charge in [0.05, 0.1) is 12.3 Å². The van der Waals surface area contributed by atoms with Crippen LogP contribution in [0.15, 0.2) is 73.1 Å². The lowest BCUT2D eigenvalue weighted by Gasteiger charge is -2.15. The van der Waals surface area contributed by atoms with E-state index in [9.17, 15) is 0 Å². The summed E-state index contributed by atoms with van der Waals surface area (Å²) in [5.74, 6) is 1.61. The summed E-state index contributed by atoms with van der Waals surface area (Å²) in [4.78, 5) is 0. The fourth-order valence-corrected chi connectivity index (χ4v) is 2.38. The van der Waals surface area contributed by atoms with Crippen molar-refractivity contribution < 1.29 is 14.2 Å². The largest absolute Gasteiger partial charge is 0.491 e. The first-order valence-electron chi connectivity index (χ1n) is 7.92. The van der Waals surface area contributed by atoms with Crippen LogP contribution in [0, 0.1) is 0 Å². The predicted molar refractivity (Wildman–Crippen MR) is 93.9 cm³/mol. The van der Waals surface area contributed by atoms with Gasteiger partial charge >= 0.3 is 0 Å². The normalized spacial score (nSPS) is 10.5. The molecule has 0 N–H and O–H groups in total. The second-order valence-electron chi connectivity index (χ2n) is 5.34. The third-order valence-electron chi connectivity index (χ3n) is 3.61. The minimum atomic E-state index is 0.520. The summed E-state index contributed by atoms with van der Waals surface area (Å²) >= 11 is 0. The zero-order chi connectivity index (χ0) is 16.6. The number of ether oxygens (including phenoxy) is 3. The van der Waals surface area contributed by atoms with Gasteiger partial charge < -0.3 is 18.8 Å². The van der Waals surface area contributed by atoms with Crippen molar-refractivity contribution in [2.75, 3.05) is 20.3 Å². The number of hydrogen-bond donors (Lipinski definition) is 0. The lowest BCUT2D eigenvalue weighted by atomic mass is 10.2. The molecule has 1 heterocycles. The van der Waals surface area contributed by atoms with E-state index >= 15 is 0 Å². The maximum atomic E-state index is 6.03. The molecule has 0 radical (unpaired) electrons. The van der Waals surface area contributed by atoms with Crippen LogP contribution in [-0.2, 0) is 11.3 Å². The third-order valence-corrected chi connectivity index (χ3v) is 3.61. The van der Waals surface area contributed by atoms with Crippen molar-refractivity contribution in [1.29, 1.82) is 0 Å². The molecule has 4 nitrogen and oxygen atoms in total. The van der Waals surface area contributed by atoms with Crippen LogP contribution in [-0.4, -0.2) is 24.9 Å². The van der Waals surface area contributed by atoms with Gasteiger partial charge in [0.1, 0.15) is 24.7 Å². The quantitative estimate of drug-likeness (QED) is 0.586. The van der Waals surface area contributed by atoms with Crippen molar-refractivity contribution >= 4 is 0 Å². The van der Waals surface area contributed by atoms with Crippen LogP contribution in [0.2, 0.25) is 0 Å². The number of nitrogens with zero attached hydrogens (tertiary/aromatic N) is 1. The molecule has 0 saturated carbocycles. The van der Waals surface area contributed by atoms with Gasteiger partial charge in [0.25, 0.3) is 0 Å². The Morgan fingerprint density at radius 1 is 0.833 bits per heavy atom. The summed E-state index contributed by atoms with van der Waals surface area (Å²) in [5.41, 5.74) is 2.09. The molecule has 1 aromatic heterocycles. The van der Waals surface area contributed by atoms with Gasteiger partial charge in [-0.1, -0.05) is 30.3 Å². The van der Waals surface area contributed by atoms with Crippen LogP contribution in [0.1, 0.15) is 5.56 Å². The molecule has 0 amide bonds. The number of hydrogen-bond acceptors (Lipinski definition) is 3. The molecule has 0 spiro atoms. The Labute approximate surface area is 142 Å². The van der Waals surface area contributed by atoms with Crippen LogP contribution in [0.3, 0.4) is 0 Å². The van der Waals surface area contributed by atoms with E-state index in [0.29, 0.717) is 19.8 Å². The maximum Gasteiger partial charge on any atom is 0.144 e. The zero-order valence-corrected chi connectivity index (χ0v) is 13.7. The highest BCUT2D eigenvalue weighted by Gasteiger charge is 2.08. The van der Waals surface area contributed by atoms with E-state index in [4.69, 9.17) is 14.2 Å². The minimum absolute atomic E-state index is 0.520. The lowest BCUT2D eigenvalue weighted by molar-refractivity contribution is 0.146. The molecular weight excluding hydrogens is 302 g/mol. The molecule has 2 aromatic carbocycles. The van der Waals surface area contributed by atoms with Gasteiger partial charge in [0.15, 0.2) is 0 Å². The average Bonchev–Trinajstić information content (AvgIpc) is 3.16. The molecular formula is C20H21NO3. The van der Waals surface area contributed by atoms with E-state index < -0.39 is 0 Å². The maximum absolute atomic E-state index is 6.03. The van der Waals surface area contributed by atoms with Gasteiger partial charge in [-0.25, -0.2) is 0 Å². The van der Waals surface area contributed by atoms with Gasteiger partial charge in [-0.3, -0.25) is 0 Å². The lowest BCUT2D eigenvalue weighted by Crippen LogP contribution is -2.05. The molecule has 4 heteroatoms. The Morgan fingerprint density at radius 3 is 2.38 bits per heavy atom. The molecule has 0 bridgehead atoms. The van der Waals surface area contributed by atoms with Gasteiger partial charge in [-0.2, -0.15) is 0 Å². The average molecular weight is 323 g/mol. The van der Waals surface area contributed by atoms with Crippen molar-refractivity contribution in [2.24, 2.45) is 0 Å². The molecule has 3 rings (SSSR count). The molecule has 3 aromatic rings. The Morgan fingerprint density at radius 2 is 1.62 bits per heavy atom. The summed E-state index contributed by atoms with van der Waals surface area (Å²) in [5, 5.41) is 0. The number of methoxy groups -OCH3 is 1. The summed E-state index contributed by atoms with van der Waals surface area (Å²) in [6.45, 7) is 1.61. The van der Waals surface area contributed by atoms with Crippen molar-refractivity contribution in [3.8, 4) is 17.2 Å². The highest BCUT2D eigenvalue weighted by Crippen LogP contribution is 2.28. The Kier molecular flexibility index (Phi) is 5.53. The van der Waals surface area contributed by atoms with Crippen molar-refractivity contribution in [3.63, 3.8) is 0 Å². The highest BCUT2D eigenvalue weighted by molar-refractivity contribution is 5.51. The van der Waals surface area contributed by atoms with Gasteiger partial charge in [-0.05, 0) is 29.8 Å². The predicted octanol–water partition coefficient (Wildman–Crippen LogP) is 4.08. The fourth-order valence-electron chi connectivity index (χ4n) is 2.38. The summed E-state index contributed by atoms with van der Waals surface area (Å²) in [7, 11) is 1.66. The standard InChI is InChI=1S/C20H21NO3/c1-22-13-14-23-18-9-10-20(19(15-18)21-11-5-6-12-21)24-16-17-7-3-2-4-8-17/h2-12,15H,13-14,16H2,1H3. The summed E-state index contributed by atoms with van der Waals surface area (Å²) < 4.78 is 18.8. The van der Waals surface area contributed by atoms with Crippen LogP contribution in [0.5, 0.6) is 11.5 Å². The molecule has 0 aliphatic rings. The van der Waals surface area contributed by atoms with Crippen molar-refractivity contribution in [3.05, 3.63) is 78.6 Å². The van der Waals surface area contributed by atoms with Crippen LogP contribution < -0.4 is 9.47 Å². The Hall–Kier alpha value is -2.72. The second-order valence-corrected chi connectivity index (χ2v) is 5.34. The third kappa shape index (κ3) is 4.18. The Bertz CT molecular complexity index is 739. The molecule has 0 saturated heterocycles. The zero-order valence-electron chi connectivity index (χ0n) is 13.7. The van der Waals surface area contributed by atoms with E-state index in [-0.39, 0.29) is 0 Å².